The van der Waals surface area contributed by atoms with Gasteiger partial charge in [-0.25, -0.2) is 0 Å². The smallest absolute Gasteiger partial charge is 0.221 e. The van der Waals surface area contributed by atoms with E-state index in [2.05, 4.69) is 10.6 Å². The van der Waals surface area contributed by atoms with Crippen LogP contribution < -0.4 is 10.6 Å². The lowest BCUT2D eigenvalue weighted by Crippen LogP contribution is -2.41. The highest BCUT2D eigenvalue weighted by molar-refractivity contribution is 5.77. The first-order valence-corrected chi connectivity index (χ1v) is 5.37. The quantitative estimate of drug-likeness (QED) is 0.677. The molecule has 2 N–H and O–H groups in total. The standard InChI is InChI=1S/C10H18N2O/c13-10(12-8-3-1-4-8)7-9-5-2-6-11-9/h8-9,11H,1-7H2,(H,12,13). The van der Waals surface area contributed by atoms with Gasteiger partial charge in [0.25, 0.3) is 0 Å². The molecule has 3 nitrogen and oxygen atoms in total. The monoisotopic (exact) mass is 182 g/mol. The van der Waals surface area contributed by atoms with Crippen molar-refractivity contribution in [3.05, 3.63) is 0 Å². The van der Waals surface area contributed by atoms with E-state index in [1.165, 1.54) is 25.7 Å². The lowest BCUT2D eigenvalue weighted by Gasteiger charge is -2.26. The van der Waals surface area contributed by atoms with E-state index in [9.17, 15) is 4.79 Å². The van der Waals surface area contributed by atoms with Gasteiger partial charge in [-0.05, 0) is 38.6 Å². The van der Waals surface area contributed by atoms with Crippen LogP contribution in [0.2, 0.25) is 0 Å². The summed E-state index contributed by atoms with van der Waals surface area (Å²) >= 11 is 0. The second kappa shape index (κ2) is 4.09. The first-order chi connectivity index (χ1) is 6.34. The normalized spacial score (nSPS) is 28.5. The van der Waals surface area contributed by atoms with E-state index in [0.29, 0.717) is 18.5 Å². The van der Waals surface area contributed by atoms with Crippen LogP contribution in [0.4, 0.5) is 0 Å². The van der Waals surface area contributed by atoms with Crippen LogP contribution in [0.3, 0.4) is 0 Å². The van der Waals surface area contributed by atoms with Crippen LogP contribution in [0.1, 0.15) is 38.5 Å². The summed E-state index contributed by atoms with van der Waals surface area (Å²) in [5.74, 6) is 0.240. The highest BCUT2D eigenvalue weighted by atomic mass is 16.1. The second-order valence-electron chi connectivity index (χ2n) is 4.19. The molecule has 1 aliphatic carbocycles. The average Bonchev–Trinajstić information content (AvgIpc) is 2.49. The molecule has 0 aromatic carbocycles. The summed E-state index contributed by atoms with van der Waals surface area (Å²) in [4.78, 5) is 11.5. The lowest BCUT2D eigenvalue weighted by atomic mass is 9.93. The number of amides is 1. The summed E-state index contributed by atoms with van der Waals surface area (Å²) in [6.07, 6.45) is 6.72. The predicted octanol–water partition coefficient (Wildman–Crippen LogP) is 0.797. The molecule has 1 atom stereocenters. The van der Waals surface area contributed by atoms with Crippen molar-refractivity contribution in [2.75, 3.05) is 6.54 Å². The fourth-order valence-corrected chi connectivity index (χ4v) is 1.99. The zero-order chi connectivity index (χ0) is 9.10. The van der Waals surface area contributed by atoms with Gasteiger partial charge in [-0.15, -0.1) is 0 Å². The van der Waals surface area contributed by atoms with Gasteiger partial charge in [0.05, 0.1) is 0 Å². The molecule has 1 saturated heterocycles. The van der Waals surface area contributed by atoms with Gasteiger partial charge in [-0.1, -0.05) is 0 Å². The van der Waals surface area contributed by atoms with Crippen molar-refractivity contribution in [2.24, 2.45) is 0 Å². The average molecular weight is 182 g/mol. The van der Waals surface area contributed by atoms with Crippen LogP contribution in [-0.4, -0.2) is 24.5 Å². The first-order valence-electron chi connectivity index (χ1n) is 5.37. The van der Waals surface area contributed by atoms with Gasteiger partial charge in [0.15, 0.2) is 0 Å². The largest absolute Gasteiger partial charge is 0.353 e. The Kier molecular flexibility index (Phi) is 2.83. The van der Waals surface area contributed by atoms with Crippen molar-refractivity contribution in [3.8, 4) is 0 Å². The van der Waals surface area contributed by atoms with Gasteiger partial charge in [-0.3, -0.25) is 4.79 Å². The molecule has 2 fully saturated rings. The molecule has 3 heteroatoms. The fraction of sp³-hybridized carbons (Fsp3) is 0.900. The molecule has 2 aliphatic rings. The molecule has 1 unspecified atom stereocenters. The number of nitrogens with one attached hydrogen (secondary N) is 2. The van der Waals surface area contributed by atoms with Gasteiger partial charge in [0, 0.05) is 18.5 Å². The molecule has 0 aromatic rings. The van der Waals surface area contributed by atoms with Crippen LogP contribution in [0, 0.1) is 0 Å². The summed E-state index contributed by atoms with van der Waals surface area (Å²) in [6.45, 7) is 1.08. The molecule has 1 aliphatic heterocycles. The van der Waals surface area contributed by atoms with Crippen molar-refractivity contribution in [1.82, 2.24) is 10.6 Å². The summed E-state index contributed by atoms with van der Waals surface area (Å²) < 4.78 is 0. The van der Waals surface area contributed by atoms with Gasteiger partial charge >= 0.3 is 0 Å². The van der Waals surface area contributed by atoms with Crippen LogP contribution in [0.15, 0.2) is 0 Å². The van der Waals surface area contributed by atoms with Crippen LogP contribution in [-0.2, 0) is 4.79 Å². The molecule has 1 saturated carbocycles. The molecule has 13 heavy (non-hydrogen) atoms. The Morgan fingerprint density at radius 3 is 2.69 bits per heavy atom. The Morgan fingerprint density at radius 2 is 2.15 bits per heavy atom. The molecular weight excluding hydrogens is 164 g/mol. The molecule has 1 heterocycles. The van der Waals surface area contributed by atoms with E-state index < -0.39 is 0 Å². The summed E-state index contributed by atoms with van der Waals surface area (Å²) in [5, 5.41) is 6.40. The van der Waals surface area contributed by atoms with Gasteiger partial charge in [0.2, 0.25) is 5.91 Å². The maximum absolute atomic E-state index is 11.5. The molecular formula is C10H18N2O. The maximum atomic E-state index is 11.5. The van der Waals surface area contributed by atoms with Crippen molar-refractivity contribution >= 4 is 5.91 Å². The van der Waals surface area contributed by atoms with Crippen LogP contribution in [0.5, 0.6) is 0 Å². The van der Waals surface area contributed by atoms with Crippen LogP contribution >= 0.6 is 0 Å². The SMILES string of the molecule is O=C(CC1CCCN1)NC1CCC1. The topological polar surface area (TPSA) is 41.1 Å². The van der Waals surface area contributed by atoms with Gasteiger partial charge < -0.3 is 10.6 Å². The maximum Gasteiger partial charge on any atom is 0.221 e. The Morgan fingerprint density at radius 1 is 1.31 bits per heavy atom. The lowest BCUT2D eigenvalue weighted by molar-refractivity contribution is -0.122. The Hall–Kier alpha value is -0.570. The highest BCUT2D eigenvalue weighted by Gasteiger charge is 2.22. The number of carbonyl (C=O) groups is 1. The summed E-state index contributed by atoms with van der Waals surface area (Å²) in [6, 6.07) is 0.939. The molecule has 0 bridgehead atoms. The number of hydrogen-bond donors (Lipinski definition) is 2. The minimum Gasteiger partial charge on any atom is -0.353 e. The fourth-order valence-electron chi connectivity index (χ4n) is 1.99. The highest BCUT2D eigenvalue weighted by Crippen LogP contribution is 2.18. The van der Waals surface area contributed by atoms with E-state index in [-0.39, 0.29) is 5.91 Å². The van der Waals surface area contributed by atoms with Gasteiger partial charge in [0.1, 0.15) is 0 Å². The molecule has 0 radical (unpaired) electrons. The Bertz CT molecular complexity index is 183. The minimum absolute atomic E-state index is 0.240. The number of hydrogen-bond acceptors (Lipinski definition) is 2. The first kappa shape index (κ1) is 9.00. The molecule has 1 amide bonds. The Balaban J connectivity index is 1.64. The third-order valence-corrected chi connectivity index (χ3v) is 3.06. The summed E-state index contributed by atoms with van der Waals surface area (Å²) in [7, 11) is 0. The summed E-state index contributed by atoms with van der Waals surface area (Å²) in [5.41, 5.74) is 0. The molecule has 2 rings (SSSR count). The Labute approximate surface area is 79.3 Å². The molecule has 0 aromatic heterocycles. The second-order valence-corrected chi connectivity index (χ2v) is 4.19. The van der Waals surface area contributed by atoms with Crippen molar-refractivity contribution in [2.45, 2.75) is 50.6 Å². The van der Waals surface area contributed by atoms with Crippen molar-refractivity contribution in [1.29, 1.82) is 0 Å². The van der Waals surface area contributed by atoms with E-state index >= 15 is 0 Å². The number of carbonyl (C=O) groups excluding carboxylic acids is 1. The van der Waals surface area contributed by atoms with Crippen LogP contribution in [0.25, 0.3) is 0 Å². The van der Waals surface area contributed by atoms with Crippen molar-refractivity contribution < 1.29 is 4.79 Å². The third-order valence-electron chi connectivity index (χ3n) is 3.06. The van der Waals surface area contributed by atoms with Crippen molar-refractivity contribution in [3.63, 3.8) is 0 Å². The third kappa shape index (κ3) is 2.44. The van der Waals surface area contributed by atoms with E-state index in [0.717, 1.165) is 13.0 Å². The van der Waals surface area contributed by atoms with E-state index in [1.54, 1.807) is 0 Å². The van der Waals surface area contributed by atoms with E-state index in [1.807, 2.05) is 0 Å². The predicted molar refractivity (Wildman–Crippen MR) is 51.4 cm³/mol. The zero-order valence-electron chi connectivity index (χ0n) is 8.01. The van der Waals surface area contributed by atoms with Gasteiger partial charge in [-0.2, -0.15) is 0 Å². The minimum atomic E-state index is 0.240. The molecule has 74 valence electrons. The van der Waals surface area contributed by atoms with E-state index in [4.69, 9.17) is 0 Å². The zero-order valence-corrected chi connectivity index (χ0v) is 8.01. The number of rotatable bonds is 3. The molecule has 0 spiro atoms.